The summed E-state index contributed by atoms with van der Waals surface area (Å²) in [6, 6.07) is -0.0719. The number of hydrogen-bond donors (Lipinski definition) is 1. The van der Waals surface area contributed by atoms with E-state index in [1.165, 1.54) is 10.9 Å². The third-order valence-electron chi connectivity index (χ3n) is 4.25. The molecular weight excluding hydrogens is 358 g/mol. The molecule has 8 nitrogen and oxygen atoms in total. The van der Waals surface area contributed by atoms with Crippen LogP contribution in [-0.4, -0.2) is 55.2 Å². The number of rotatable bonds is 4. The maximum absolute atomic E-state index is 13.3. The summed E-state index contributed by atoms with van der Waals surface area (Å²) in [5.41, 5.74) is 0.123. The predicted octanol–water partition coefficient (Wildman–Crippen LogP) is 3.21. The first-order chi connectivity index (χ1) is 12.7. The minimum absolute atomic E-state index is 0.0719. The van der Waals surface area contributed by atoms with E-state index in [2.05, 4.69) is 20.3 Å². The number of halogens is 2. The second kappa shape index (κ2) is 7.24. The highest BCUT2D eigenvalue weighted by Crippen LogP contribution is 2.27. The van der Waals surface area contributed by atoms with Crippen LogP contribution in [0.15, 0.2) is 6.33 Å². The lowest BCUT2D eigenvalue weighted by atomic mass is 10.2. The summed E-state index contributed by atoms with van der Waals surface area (Å²) in [7, 11) is 0. The SMILES string of the molecule is CCn1c(C(F)F)nc2c(N[C@H]3CCN(C(=O)OC(C)(C)C)C3)ncnc21. The molecular formula is C17H24F2N6O2. The molecule has 148 valence electrons. The molecule has 0 unspecified atom stereocenters. The van der Waals surface area contributed by atoms with Crippen LogP contribution in [0.2, 0.25) is 0 Å². The fourth-order valence-corrected chi connectivity index (χ4v) is 3.10. The van der Waals surface area contributed by atoms with Crippen molar-refractivity contribution < 1.29 is 18.3 Å². The van der Waals surface area contributed by atoms with Crippen molar-refractivity contribution in [3.63, 3.8) is 0 Å². The van der Waals surface area contributed by atoms with Gasteiger partial charge in [-0.15, -0.1) is 0 Å². The molecule has 0 radical (unpaired) electrons. The van der Waals surface area contributed by atoms with Crippen LogP contribution >= 0.6 is 0 Å². The van der Waals surface area contributed by atoms with Crippen LogP contribution in [0.25, 0.3) is 11.2 Å². The van der Waals surface area contributed by atoms with E-state index in [0.717, 1.165) is 0 Å². The predicted molar refractivity (Wildman–Crippen MR) is 95.8 cm³/mol. The second-order valence-corrected chi connectivity index (χ2v) is 7.47. The number of ether oxygens (including phenoxy) is 1. The van der Waals surface area contributed by atoms with Crippen molar-refractivity contribution in [3.05, 3.63) is 12.2 Å². The first-order valence-electron chi connectivity index (χ1n) is 8.93. The number of nitrogens with one attached hydrogen (secondary N) is 1. The van der Waals surface area contributed by atoms with Gasteiger partial charge in [0.15, 0.2) is 22.8 Å². The number of likely N-dealkylation sites (tertiary alicyclic amines) is 1. The Morgan fingerprint density at radius 1 is 1.41 bits per heavy atom. The fraction of sp³-hybridized carbons (Fsp3) is 0.647. The van der Waals surface area contributed by atoms with Crippen molar-refractivity contribution in [3.8, 4) is 0 Å². The van der Waals surface area contributed by atoms with Crippen molar-refractivity contribution >= 4 is 23.1 Å². The summed E-state index contributed by atoms with van der Waals surface area (Å²) in [6.07, 6.45) is -1.04. The highest BCUT2D eigenvalue weighted by molar-refractivity contribution is 5.83. The summed E-state index contributed by atoms with van der Waals surface area (Å²) >= 11 is 0. The zero-order valence-corrected chi connectivity index (χ0v) is 15.9. The van der Waals surface area contributed by atoms with Gasteiger partial charge in [0.25, 0.3) is 6.43 Å². The number of hydrogen-bond acceptors (Lipinski definition) is 6. The molecule has 0 saturated carbocycles. The monoisotopic (exact) mass is 382 g/mol. The summed E-state index contributed by atoms with van der Waals surface area (Å²) < 4.78 is 33.3. The summed E-state index contributed by atoms with van der Waals surface area (Å²) in [5.74, 6) is 0.0722. The Bertz CT molecular complexity index is 833. The highest BCUT2D eigenvalue weighted by Gasteiger charge is 2.30. The third-order valence-corrected chi connectivity index (χ3v) is 4.25. The summed E-state index contributed by atoms with van der Waals surface area (Å²) in [4.78, 5) is 26.1. The van der Waals surface area contributed by atoms with E-state index in [1.54, 1.807) is 11.8 Å². The molecule has 2 aromatic rings. The molecule has 3 rings (SSSR count). The number of carbonyl (C=O) groups excluding carboxylic acids is 1. The van der Waals surface area contributed by atoms with E-state index in [-0.39, 0.29) is 18.0 Å². The molecule has 10 heteroatoms. The number of anilines is 1. The van der Waals surface area contributed by atoms with Gasteiger partial charge in [0.2, 0.25) is 0 Å². The van der Waals surface area contributed by atoms with Gasteiger partial charge < -0.3 is 19.5 Å². The van der Waals surface area contributed by atoms with Crippen molar-refractivity contribution in [1.82, 2.24) is 24.4 Å². The molecule has 1 aliphatic rings. The van der Waals surface area contributed by atoms with E-state index in [0.29, 0.717) is 43.0 Å². The Hall–Kier alpha value is -2.52. The van der Waals surface area contributed by atoms with Crippen molar-refractivity contribution in [1.29, 1.82) is 0 Å². The van der Waals surface area contributed by atoms with E-state index in [9.17, 15) is 13.6 Å². The average molecular weight is 382 g/mol. The zero-order valence-electron chi connectivity index (χ0n) is 15.9. The van der Waals surface area contributed by atoms with Crippen LogP contribution in [0.3, 0.4) is 0 Å². The van der Waals surface area contributed by atoms with Crippen molar-refractivity contribution in [2.45, 2.75) is 58.7 Å². The van der Waals surface area contributed by atoms with Gasteiger partial charge >= 0.3 is 6.09 Å². The number of amides is 1. The van der Waals surface area contributed by atoms with E-state index in [4.69, 9.17) is 4.74 Å². The lowest BCUT2D eigenvalue weighted by Crippen LogP contribution is -2.36. The Labute approximate surface area is 155 Å². The molecule has 0 spiro atoms. The topological polar surface area (TPSA) is 85.2 Å². The van der Waals surface area contributed by atoms with Crippen LogP contribution in [-0.2, 0) is 11.3 Å². The highest BCUT2D eigenvalue weighted by atomic mass is 19.3. The number of carbonyl (C=O) groups is 1. The van der Waals surface area contributed by atoms with E-state index >= 15 is 0 Å². The lowest BCUT2D eigenvalue weighted by Gasteiger charge is -2.24. The smallest absolute Gasteiger partial charge is 0.410 e. The Kier molecular flexibility index (Phi) is 5.16. The van der Waals surface area contributed by atoms with Gasteiger partial charge in [0.05, 0.1) is 0 Å². The van der Waals surface area contributed by atoms with Crippen LogP contribution in [0.5, 0.6) is 0 Å². The number of alkyl halides is 2. The molecule has 1 fully saturated rings. The minimum atomic E-state index is -2.69. The van der Waals surface area contributed by atoms with E-state index < -0.39 is 12.0 Å². The van der Waals surface area contributed by atoms with Gasteiger partial charge in [0, 0.05) is 25.7 Å². The van der Waals surface area contributed by atoms with Gasteiger partial charge in [-0.25, -0.2) is 28.5 Å². The molecule has 0 aromatic carbocycles. The fourth-order valence-electron chi connectivity index (χ4n) is 3.10. The first kappa shape index (κ1) is 19.2. The summed E-state index contributed by atoms with van der Waals surface area (Å²) in [6.45, 7) is 8.54. The quantitative estimate of drug-likeness (QED) is 0.874. The van der Waals surface area contributed by atoms with Crippen LogP contribution < -0.4 is 5.32 Å². The molecule has 1 aliphatic heterocycles. The molecule has 0 aliphatic carbocycles. The maximum atomic E-state index is 13.3. The Balaban J connectivity index is 1.77. The Morgan fingerprint density at radius 2 is 2.15 bits per heavy atom. The maximum Gasteiger partial charge on any atom is 0.410 e. The van der Waals surface area contributed by atoms with Crippen LogP contribution in [0.4, 0.5) is 19.4 Å². The van der Waals surface area contributed by atoms with Crippen molar-refractivity contribution in [2.24, 2.45) is 0 Å². The first-order valence-corrected chi connectivity index (χ1v) is 8.93. The second-order valence-electron chi connectivity index (χ2n) is 7.47. The van der Waals surface area contributed by atoms with Gasteiger partial charge in [-0.2, -0.15) is 0 Å². The van der Waals surface area contributed by atoms with Gasteiger partial charge in [-0.1, -0.05) is 0 Å². The number of imidazole rings is 1. The lowest BCUT2D eigenvalue weighted by molar-refractivity contribution is 0.0293. The van der Waals surface area contributed by atoms with E-state index in [1.807, 2.05) is 20.8 Å². The molecule has 3 heterocycles. The van der Waals surface area contributed by atoms with Crippen LogP contribution in [0, 0.1) is 0 Å². The van der Waals surface area contributed by atoms with Gasteiger partial charge in [-0.05, 0) is 34.1 Å². The largest absolute Gasteiger partial charge is 0.444 e. The molecule has 1 N–H and O–H groups in total. The van der Waals surface area contributed by atoms with Gasteiger partial charge in [-0.3, -0.25) is 0 Å². The zero-order chi connectivity index (χ0) is 19.8. The molecule has 27 heavy (non-hydrogen) atoms. The third kappa shape index (κ3) is 4.09. The summed E-state index contributed by atoms with van der Waals surface area (Å²) in [5, 5.41) is 3.21. The molecule has 2 aromatic heterocycles. The number of fused-ring (bicyclic) bond motifs is 1. The van der Waals surface area contributed by atoms with Crippen LogP contribution in [0.1, 0.15) is 46.4 Å². The Morgan fingerprint density at radius 3 is 2.78 bits per heavy atom. The molecule has 1 saturated heterocycles. The molecule has 1 atom stereocenters. The number of nitrogens with zero attached hydrogens (tertiary/aromatic N) is 5. The van der Waals surface area contributed by atoms with Gasteiger partial charge in [0.1, 0.15) is 11.9 Å². The number of aryl methyl sites for hydroxylation is 1. The standard InChI is InChI=1S/C17H24F2N6O2/c1-5-25-14-11(23-15(25)12(18)19)13(20-9-21-14)22-10-6-7-24(8-10)16(26)27-17(2,3)4/h9-10,12H,5-8H2,1-4H3,(H,20,21,22)/t10-/m0/s1. The average Bonchev–Trinajstić information content (AvgIpc) is 3.18. The normalized spacial score (nSPS) is 17.7. The molecule has 0 bridgehead atoms. The minimum Gasteiger partial charge on any atom is -0.444 e. The molecule has 1 amide bonds. The van der Waals surface area contributed by atoms with Crippen molar-refractivity contribution in [2.75, 3.05) is 18.4 Å². The number of aromatic nitrogens is 4.